The van der Waals surface area contributed by atoms with Crippen LogP contribution in [0.3, 0.4) is 0 Å². The SMILES string of the molecule is CO.O=C(CC(=O)C1CC(F)(F)C1)N[C@@H](COC(F)F)c1cccc(OC(F)(F)F)c1.O=C(CC(O)C1CC(F)(F)C1)N[C@@H](COC(F)F)c1cccc(OC(F)(F)F)c1.[B].[H-].[Na+]. The summed E-state index contributed by atoms with van der Waals surface area (Å²) in [6, 6.07) is 5.85. The number of carbonyl (C=O) groups excluding carboxylic acids is 3. The molecule has 62 heavy (non-hydrogen) atoms. The first-order valence-corrected chi connectivity index (χ1v) is 17.2. The van der Waals surface area contributed by atoms with Crippen LogP contribution in [0.4, 0.5) is 61.5 Å². The molecule has 2 saturated carbocycles. The summed E-state index contributed by atoms with van der Waals surface area (Å²) in [7, 11) is 1.00. The Labute approximate surface area is 369 Å². The number of benzene rings is 2. The Hall–Kier alpha value is -3.43. The van der Waals surface area contributed by atoms with Gasteiger partial charge in [-0.05, 0) is 41.3 Å². The van der Waals surface area contributed by atoms with Gasteiger partial charge in [0.1, 0.15) is 17.3 Å². The summed E-state index contributed by atoms with van der Waals surface area (Å²) in [4.78, 5) is 35.9. The third kappa shape index (κ3) is 22.3. The van der Waals surface area contributed by atoms with Crippen LogP contribution < -0.4 is 49.7 Å². The van der Waals surface area contributed by atoms with Crippen molar-refractivity contribution in [2.75, 3.05) is 20.3 Å². The van der Waals surface area contributed by atoms with E-state index in [9.17, 15) is 81.0 Å². The van der Waals surface area contributed by atoms with E-state index in [-0.39, 0.29) is 50.5 Å². The summed E-state index contributed by atoms with van der Waals surface area (Å²) >= 11 is 0. The molecule has 4 rings (SSSR count). The van der Waals surface area contributed by atoms with Crippen molar-refractivity contribution in [3.05, 3.63) is 59.7 Å². The van der Waals surface area contributed by atoms with E-state index in [0.717, 1.165) is 43.5 Å². The summed E-state index contributed by atoms with van der Waals surface area (Å²) in [6.45, 7) is -8.01. The molecule has 3 radical (unpaired) electrons. The molecule has 0 spiro atoms. The number of hydrogen-bond acceptors (Lipinski definition) is 9. The Balaban J connectivity index is 0. The molecule has 1 unspecified atom stereocenters. The predicted octanol–water partition coefficient (Wildman–Crippen LogP) is 4.11. The number of halogens is 14. The van der Waals surface area contributed by atoms with Gasteiger partial charge in [0.05, 0.1) is 44.2 Å². The van der Waals surface area contributed by atoms with E-state index in [0.29, 0.717) is 0 Å². The van der Waals surface area contributed by atoms with Crippen LogP contribution in [0.1, 0.15) is 63.2 Å². The van der Waals surface area contributed by atoms with Crippen LogP contribution in [0.2, 0.25) is 0 Å². The first-order valence-electron chi connectivity index (χ1n) is 17.2. The van der Waals surface area contributed by atoms with E-state index in [1.54, 1.807) is 0 Å². The first-order chi connectivity index (χ1) is 27.7. The second kappa shape index (κ2) is 25.8. The summed E-state index contributed by atoms with van der Waals surface area (Å²) in [5.74, 6) is -11.5. The Bertz CT molecular complexity index is 1690. The molecule has 0 bridgehead atoms. The normalized spacial score (nSPS) is 17.1. The second-order valence-corrected chi connectivity index (χ2v) is 13.1. The van der Waals surface area contributed by atoms with E-state index >= 15 is 0 Å². The maximum atomic E-state index is 12.9. The van der Waals surface area contributed by atoms with Crippen LogP contribution in [0.5, 0.6) is 11.5 Å². The maximum Gasteiger partial charge on any atom is 1.00 e. The Morgan fingerprint density at radius 2 is 1.11 bits per heavy atom. The fourth-order valence-electron chi connectivity index (χ4n) is 5.66. The molecule has 2 aromatic rings. The Morgan fingerprint density at radius 1 is 0.726 bits per heavy atom. The van der Waals surface area contributed by atoms with E-state index in [1.807, 2.05) is 0 Å². The maximum absolute atomic E-state index is 12.9. The largest absolute Gasteiger partial charge is 1.00 e. The van der Waals surface area contributed by atoms with Crippen LogP contribution in [0.25, 0.3) is 0 Å². The van der Waals surface area contributed by atoms with Crippen LogP contribution in [0.15, 0.2) is 48.5 Å². The number of ether oxygens (including phenoxy) is 4. The summed E-state index contributed by atoms with van der Waals surface area (Å²) in [5, 5.41) is 21.3. The smallest absolute Gasteiger partial charge is 1.00 e. The van der Waals surface area contributed by atoms with Crippen LogP contribution in [-0.2, 0) is 23.9 Å². The fraction of sp³-hybridized carbons (Fsp3) is 0.571. The van der Waals surface area contributed by atoms with Gasteiger partial charge in [0.2, 0.25) is 23.7 Å². The van der Waals surface area contributed by atoms with Gasteiger partial charge in [-0.15, -0.1) is 26.3 Å². The van der Waals surface area contributed by atoms with Gasteiger partial charge in [0.25, 0.3) is 0 Å². The molecular weight excluding hydrogens is 892 g/mol. The van der Waals surface area contributed by atoms with Gasteiger partial charge >= 0.3 is 55.5 Å². The molecule has 0 saturated heterocycles. The van der Waals surface area contributed by atoms with E-state index in [2.05, 4.69) is 29.6 Å². The second-order valence-electron chi connectivity index (χ2n) is 13.1. The summed E-state index contributed by atoms with van der Waals surface area (Å²) < 4.78 is 191. The van der Waals surface area contributed by atoms with E-state index in [4.69, 9.17) is 5.11 Å². The van der Waals surface area contributed by atoms with Gasteiger partial charge in [-0.2, -0.15) is 17.6 Å². The molecule has 2 amide bonds. The van der Waals surface area contributed by atoms with E-state index in [1.165, 1.54) is 12.1 Å². The number of hydrogen-bond donors (Lipinski definition) is 4. The van der Waals surface area contributed by atoms with Crippen LogP contribution in [0, 0.1) is 11.8 Å². The standard InChI is InChI=1S/C17H18F7NO4.C17H16F7NO4.CH4O.B.Na.H/c2*18-15(19)28-8-12(9-2-1-3-11(4-9)29-17(22,23)24)25-14(27)5-13(26)10-6-16(20,21)7-10;1-2;;;/h1-4,10,12-13,15,26H,5-8H2,(H,25,27);1-4,10,12,15H,5-8H2,(H,25,27);2H,1H3;;;/q;;;;+1;-1/t12-,13?;12-;;;;/m00..../s1. The number of ketones is 1. The molecule has 11 nitrogen and oxygen atoms in total. The summed E-state index contributed by atoms with van der Waals surface area (Å²) in [6.07, 6.45) is -15.2. The van der Waals surface area contributed by atoms with E-state index < -0.39 is 149 Å². The van der Waals surface area contributed by atoms with Crippen molar-refractivity contribution < 1.29 is 136 Å². The average molecular weight is 931 g/mol. The molecule has 3 atom stereocenters. The average Bonchev–Trinajstić information content (AvgIpc) is 3.09. The Morgan fingerprint density at radius 3 is 1.47 bits per heavy atom. The minimum absolute atomic E-state index is 0. The third-order valence-electron chi connectivity index (χ3n) is 8.38. The monoisotopic (exact) mass is 931 g/mol. The van der Waals surface area contributed by atoms with Crippen molar-refractivity contribution in [1.82, 2.24) is 10.6 Å². The number of nitrogens with one attached hydrogen (secondary N) is 2. The number of aliphatic hydroxyl groups is 2. The molecule has 27 heteroatoms. The van der Waals surface area contributed by atoms with Crippen LogP contribution >= 0.6 is 0 Å². The molecule has 0 aromatic heterocycles. The van der Waals surface area contributed by atoms with Gasteiger partial charge in [-0.25, -0.2) is 17.6 Å². The number of rotatable bonds is 18. The topological polar surface area (TPSA) is 153 Å². The number of carbonyl (C=O) groups is 3. The minimum Gasteiger partial charge on any atom is -1.00 e. The molecule has 0 aliphatic heterocycles. The van der Waals surface area contributed by atoms with Gasteiger partial charge in [0, 0.05) is 47.1 Å². The zero-order valence-electron chi connectivity index (χ0n) is 33.4. The molecule has 4 N–H and O–H groups in total. The van der Waals surface area contributed by atoms with Crippen molar-refractivity contribution in [1.29, 1.82) is 0 Å². The zero-order chi connectivity index (χ0) is 45.6. The first kappa shape index (κ1) is 58.6. The van der Waals surface area contributed by atoms with Crippen molar-refractivity contribution in [2.24, 2.45) is 11.8 Å². The molecule has 345 valence electrons. The number of amides is 2. The predicted molar refractivity (Wildman–Crippen MR) is 183 cm³/mol. The zero-order valence-corrected chi connectivity index (χ0v) is 34.4. The van der Waals surface area contributed by atoms with Crippen molar-refractivity contribution in [3.8, 4) is 11.5 Å². The molecule has 2 aromatic carbocycles. The van der Waals surface area contributed by atoms with Gasteiger partial charge in [0.15, 0.2) is 0 Å². The van der Waals surface area contributed by atoms with Gasteiger partial charge in [-0.3, -0.25) is 14.4 Å². The van der Waals surface area contributed by atoms with Crippen molar-refractivity contribution >= 4 is 26.0 Å². The minimum atomic E-state index is -4.99. The van der Waals surface area contributed by atoms with Crippen molar-refractivity contribution in [2.45, 2.75) is 94.5 Å². The molecule has 2 aliphatic rings. The molecule has 2 aliphatic carbocycles. The number of alkyl halides is 14. The summed E-state index contributed by atoms with van der Waals surface area (Å²) in [5.41, 5.74) is -0.0752. The quantitative estimate of drug-likeness (QED) is 0.0985. The number of Topliss-reactive ketones (excluding diaryl/α,β-unsaturated/α-hetero) is 1. The van der Waals surface area contributed by atoms with Gasteiger partial charge in [-0.1, -0.05) is 24.3 Å². The fourth-order valence-corrected chi connectivity index (χ4v) is 5.66. The van der Waals surface area contributed by atoms with Gasteiger partial charge < -0.3 is 41.2 Å². The van der Waals surface area contributed by atoms with Crippen molar-refractivity contribution in [3.63, 3.8) is 0 Å². The Kier molecular flexibility index (Phi) is 24.3. The molecule has 2 fully saturated rings. The number of aliphatic hydroxyl groups excluding tert-OH is 2. The molecule has 0 heterocycles. The molecular formula is C35H39BF14N2NaO9. The third-order valence-corrected chi connectivity index (χ3v) is 8.38. The van der Waals surface area contributed by atoms with Crippen LogP contribution in [-0.4, -0.2) is 100 Å².